The van der Waals surface area contributed by atoms with Crippen LogP contribution in [-0.2, 0) is 24.7 Å². The maximum absolute atomic E-state index is 13.2. The Morgan fingerprint density at radius 2 is 1.53 bits per heavy atom. The van der Waals surface area contributed by atoms with Gasteiger partial charge in [0.2, 0.25) is 11.9 Å². The van der Waals surface area contributed by atoms with Crippen molar-refractivity contribution >= 4 is 52.9 Å². The molecule has 2 fully saturated rings. The van der Waals surface area contributed by atoms with E-state index in [-0.39, 0.29) is 42.4 Å². The fourth-order valence-electron chi connectivity index (χ4n) is 6.07. The second-order valence-corrected chi connectivity index (χ2v) is 14.2. The van der Waals surface area contributed by atoms with Gasteiger partial charge in [0, 0.05) is 22.8 Å². The third kappa shape index (κ3) is 11.2. The van der Waals surface area contributed by atoms with E-state index in [1.165, 1.54) is 24.3 Å². The number of esters is 1. The normalized spacial score (nSPS) is 15.2. The van der Waals surface area contributed by atoms with Crippen molar-refractivity contribution in [3.63, 3.8) is 0 Å². The van der Waals surface area contributed by atoms with Gasteiger partial charge in [0.15, 0.2) is 6.61 Å². The number of hydrogen-bond acceptors (Lipinski definition) is 12. The summed E-state index contributed by atoms with van der Waals surface area (Å²) in [6.07, 6.45) is -1.49. The summed E-state index contributed by atoms with van der Waals surface area (Å²) < 4.78 is 53.9. The van der Waals surface area contributed by atoms with E-state index >= 15 is 0 Å². The van der Waals surface area contributed by atoms with Gasteiger partial charge in [-0.2, -0.15) is 28.1 Å². The van der Waals surface area contributed by atoms with Crippen LogP contribution in [0, 0.1) is 5.92 Å². The largest absolute Gasteiger partial charge is 0.497 e. The van der Waals surface area contributed by atoms with Crippen molar-refractivity contribution in [3.05, 3.63) is 94.5 Å². The van der Waals surface area contributed by atoms with Gasteiger partial charge in [0.25, 0.3) is 5.91 Å². The van der Waals surface area contributed by atoms with Crippen LogP contribution in [0.25, 0.3) is 0 Å². The second kappa shape index (κ2) is 18.0. The van der Waals surface area contributed by atoms with E-state index in [1.54, 1.807) is 31.4 Å². The van der Waals surface area contributed by atoms with E-state index in [2.05, 4.69) is 41.5 Å². The lowest BCUT2D eigenvalue weighted by molar-refractivity contribution is -0.154. The van der Waals surface area contributed by atoms with Gasteiger partial charge < -0.3 is 40.8 Å². The summed E-state index contributed by atoms with van der Waals surface area (Å²) in [7, 11) is 2.70. The fourth-order valence-corrected chi connectivity index (χ4v) is 6.20. The summed E-state index contributed by atoms with van der Waals surface area (Å²) in [4.78, 5) is 63.6. The fraction of sp³-hybridized carbons (Fsp3) is 0.359. The predicted octanol–water partition coefficient (Wildman–Crippen LogP) is 5.36. The minimum Gasteiger partial charge on any atom is -0.497 e. The first-order valence-corrected chi connectivity index (χ1v) is 18.6. The van der Waals surface area contributed by atoms with Crippen LogP contribution in [0.5, 0.6) is 11.8 Å². The maximum Gasteiger partial charge on any atom is 0.422 e. The maximum atomic E-state index is 13.2. The highest BCUT2D eigenvalue weighted by atomic mass is 35.5. The van der Waals surface area contributed by atoms with Crippen molar-refractivity contribution in [1.29, 1.82) is 0 Å². The molecule has 19 heteroatoms. The number of methoxy groups -OCH3 is 2. The highest BCUT2D eigenvalue weighted by molar-refractivity contribution is 6.35. The Hall–Kier alpha value is -6.17. The predicted molar refractivity (Wildman–Crippen MR) is 205 cm³/mol. The molecule has 4 aromatic rings. The first-order valence-electron chi connectivity index (χ1n) is 18.2. The third-order valence-electron chi connectivity index (χ3n) is 9.45. The number of benzene rings is 3. The van der Waals surface area contributed by atoms with Gasteiger partial charge >= 0.3 is 30.0 Å². The molecule has 0 spiro atoms. The Labute approximate surface area is 335 Å². The number of aromatic nitrogens is 3. The van der Waals surface area contributed by atoms with Crippen molar-refractivity contribution in [2.75, 3.05) is 38.0 Å². The lowest BCUT2D eigenvalue weighted by Gasteiger charge is -2.19. The second-order valence-electron chi connectivity index (χ2n) is 13.7. The molecule has 2 saturated carbocycles. The van der Waals surface area contributed by atoms with E-state index in [0.29, 0.717) is 29.3 Å². The van der Waals surface area contributed by atoms with Crippen LogP contribution in [-0.4, -0.2) is 78.2 Å². The van der Waals surface area contributed by atoms with Gasteiger partial charge in [0.05, 0.1) is 25.8 Å². The van der Waals surface area contributed by atoms with Crippen LogP contribution in [0.4, 0.5) is 30.8 Å². The number of carbonyl (C=O) groups excluding carboxylic acids is 4. The molecule has 3 amide bonds. The molecular weight excluding hydrogens is 785 g/mol. The van der Waals surface area contributed by atoms with E-state index in [9.17, 15) is 32.3 Å². The number of hydrogen-bond donors (Lipinski definition) is 5. The number of nitrogens with one attached hydrogen (secondary N) is 5. The molecule has 0 saturated heterocycles. The molecule has 0 bridgehead atoms. The van der Waals surface area contributed by atoms with E-state index < -0.39 is 54.1 Å². The van der Waals surface area contributed by atoms with E-state index in [0.717, 1.165) is 31.1 Å². The molecule has 0 radical (unpaired) electrons. The lowest BCUT2D eigenvalue weighted by Crippen LogP contribution is -2.46. The number of halogens is 4. The molecule has 2 aliphatic rings. The zero-order valence-corrected chi connectivity index (χ0v) is 32.1. The Morgan fingerprint density at radius 3 is 2.14 bits per heavy atom. The molecular formula is C39H40ClF3N8O7. The SMILES string of the molecule is COC(=O)[C@H](CCNC(=O)C(=O)NC(c1ccc(OC)cc1)C1CC1)NC(=O)c1ccc(Nc2nc(NC3(c4ccc(Cl)cc4)CC3)nc(OCC(F)(F)F)n2)cc1. The molecule has 3 aromatic carbocycles. The number of ether oxygens (including phenoxy) is 3. The van der Waals surface area contributed by atoms with Crippen molar-refractivity contribution in [1.82, 2.24) is 30.9 Å². The summed E-state index contributed by atoms with van der Waals surface area (Å²) in [6, 6.07) is 18.1. The van der Waals surface area contributed by atoms with Gasteiger partial charge in [-0.3, -0.25) is 14.4 Å². The zero-order valence-electron chi connectivity index (χ0n) is 31.3. The van der Waals surface area contributed by atoms with Gasteiger partial charge in [-0.25, -0.2) is 4.79 Å². The highest BCUT2D eigenvalue weighted by Gasteiger charge is 2.45. The van der Waals surface area contributed by atoms with E-state index in [4.69, 9.17) is 25.8 Å². The molecule has 5 N–H and O–H groups in total. The molecule has 58 heavy (non-hydrogen) atoms. The first kappa shape index (κ1) is 41.5. The number of nitrogens with zero attached hydrogens (tertiary/aromatic N) is 3. The Kier molecular flexibility index (Phi) is 12.8. The Bertz CT molecular complexity index is 2100. The van der Waals surface area contributed by atoms with Gasteiger partial charge in [-0.15, -0.1) is 0 Å². The molecule has 1 aromatic heterocycles. The summed E-state index contributed by atoms with van der Waals surface area (Å²) in [5.74, 6) is -2.45. The quantitative estimate of drug-likeness (QED) is 0.0677. The average molecular weight is 825 g/mol. The van der Waals surface area contributed by atoms with E-state index in [1.807, 2.05) is 24.3 Å². The van der Waals surface area contributed by atoms with Gasteiger partial charge in [0.1, 0.15) is 11.8 Å². The highest BCUT2D eigenvalue weighted by Crippen LogP contribution is 2.48. The monoisotopic (exact) mass is 824 g/mol. The van der Waals surface area contributed by atoms with Crippen molar-refractivity contribution in [2.24, 2.45) is 5.92 Å². The number of anilines is 3. The topological polar surface area (TPSA) is 195 Å². The number of alkyl halides is 3. The van der Waals surface area contributed by atoms with Crippen molar-refractivity contribution in [2.45, 2.75) is 55.9 Å². The minimum atomic E-state index is -4.64. The Morgan fingerprint density at radius 1 is 0.862 bits per heavy atom. The van der Waals surface area contributed by atoms with Crippen LogP contribution >= 0.6 is 11.6 Å². The summed E-state index contributed by atoms with van der Waals surface area (Å²) in [5, 5.41) is 14.5. The zero-order chi connectivity index (χ0) is 41.5. The molecule has 1 unspecified atom stereocenters. The smallest absolute Gasteiger partial charge is 0.422 e. The van der Waals surface area contributed by atoms with Gasteiger partial charge in [-0.05, 0) is 97.7 Å². The molecule has 2 atom stereocenters. The summed E-state index contributed by atoms with van der Waals surface area (Å²) in [5.41, 5.74) is 1.67. The lowest BCUT2D eigenvalue weighted by atomic mass is 10.0. The number of amides is 3. The van der Waals surface area contributed by atoms with Crippen molar-refractivity contribution < 1.29 is 46.6 Å². The Balaban J connectivity index is 1.05. The molecule has 1 heterocycles. The molecule has 306 valence electrons. The molecule has 0 aliphatic heterocycles. The molecule has 6 rings (SSSR count). The van der Waals surface area contributed by atoms with Crippen molar-refractivity contribution in [3.8, 4) is 11.8 Å². The number of rotatable bonds is 17. The van der Waals surface area contributed by atoms with Crippen LogP contribution in [0.15, 0.2) is 72.8 Å². The van der Waals surface area contributed by atoms with Crippen LogP contribution in [0.3, 0.4) is 0 Å². The molecule has 15 nitrogen and oxygen atoms in total. The third-order valence-corrected chi connectivity index (χ3v) is 9.70. The minimum absolute atomic E-state index is 0.0280. The van der Waals surface area contributed by atoms with Crippen LogP contribution in [0.1, 0.15) is 59.6 Å². The summed E-state index contributed by atoms with van der Waals surface area (Å²) in [6.45, 7) is -1.76. The number of carbonyl (C=O) groups is 4. The molecule has 2 aliphatic carbocycles. The van der Waals surface area contributed by atoms with Crippen LogP contribution in [0.2, 0.25) is 5.02 Å². The average Bonchev–Trinajstić information content (AvgIpc) is 4.16. The van der Waals surface area contributed by atoms with Gasteiger partial charge in [-0.1, -0.05) is 35.9 Å². The van der Waals surface area contributed by atoms with Crippen LogP contribution < -0.4 is 36.1 Å². The summed E-state index contributed by atoms with van der Waals surface area (Å²) >= 11 is 6.04. The first-order chi connectivity index (χ1) is 27.7. The standard InChI is InChI=1S/C39H40ClF3N8O7/c1-56-28-15-7-23(8-16-28)30(22-3-4-22)47-33(54)32(53)44-20-17-29(34(55)57-2)46-31(52)24-5-13-27(14-6-24)45-35-48-36(50-37(49-35)58-21-39(41,42)43)51-38(18-19-38)25-9-11-26(40)12-10-25/h5-16,22,29-30H,3-4,17-21H2,1-2H3,(H,44,53)(H,46,52)(H,47,54)(H2,45,48,49,50,51)/t29-,30?/m0/s1.